The standard InChI is InChI=1S/C16H13ClF2N4O4S/c1-9-21-15(27-7-10-3-4-11(18)5-12(10)19)14(17)16(24)23(9)13-6-22(8-20-13)28(2,25)26/h3-6,8H,7H2,1-2H3. The van der Waals surface area contributed by atoms with Crippen molar-refractivity contribution in [3.8, 4) is 11.7 Å². The van der Waals surface area contributed by atoms with Gasteiger partial charge in [-0.2, -0.15) is 4.98 Å². The van der Waals surface area contributed by atoms with Crippen molar-refractivity contribution < 1.29 is 21.9 Å². The lowest BCUT2D eigenvalue weighted by atomic mass is 10.2. The summed E-state index contributed by atoms with van der Waals surface area (Å²) in [5.74, 6) is -1.68. The minimum absolute atomic E-state index is 0.00143. The highest BCUT2D eigenvalue weighted by Gasteiger charge is 2.18. The van der Waals surface area contributed by atoms with Crippen molar-refractivity contribution in [1.82, 2.24) is 18.5 Å². The highest BCUT2D eigenvalue weighted by molar-refractivity contribution is 7.89. The quantitative estimate of drug-likeness (QED) is 0.614. The second-order valence-electron chi connectivity index (χ2n) is 5.77. The van der Waals surface area contributed by atoms with E-state index in [0.29, 0.717) is 6.07 Å². The molecule has 0 aliphatic heterocycles. The summed E-state index contributed by atoms with van der Waals surface area (Å²) >= 11 is 6.02. The number of halogens is 3. The molecular formula is C16H13ClF2N4O4S. The number of aromatic nitrogens is 4. The van der Waals surface area contributed by atoms with Gasteiger partial charge in [-0.15, -0.1) is 0 Å². The minimum atomic E-state index is -3.58. The van der Waals surface area contributed by atoms with Crippen LogP contribution in [0.5, 0.6) is 5.88 Å². The third-order valence-corrected chi connectivity index (χ3v) is 4.99. The van der Waals surface area contributed by atoms with Crippen LogP contribution >= 0.6 is 11.6 Å². The second kappa shape index (κ2) is 7.32. The van der Waals surface area contributed by atoms with Gasteiger partial charge in [0.25, 0.3) is 5.56 Å². The van der Waals surface area contributed by atoms with Crippen molar-refractivity contribution >= 4 is 21.6 Å². The molecule has 3 rings (SSSR count). The van der Waals surface area contributed by atoms with E-state index in [0.717, 1.165) is 33.4 Å². The molecule has 2 heterocycles. The van der Waals surface area contributed by atoms with Gasteiger partial charge in [0.15, 0.2) is 10.8 Å². The molecule has 28 heavy (non-hydrogen) atoms. The summed E-state index contributed by atoms with van der Waals surface area (Å²) in [5.41, 5.74) is -0.699. The number of hydrogen-bond acceptors (Lipinski definition) is 6. The molecule has 0 saturated carbocycles. The van der Waals surface area contributed by atoms with Gasteiger partial charge in [-0.1, -0.05) is 11.6 Å². The van der Waals surface area contributed by atoms with Gasteiger partial charge < -0.3 is 4.74 Å². The van der Waals surface area contributed by atoms with E-state index < -0.39 is 32.2 Å². The Morgan fingerprint density at radius 1 is 1.29 bits per heavy atom. The number of hydrogen-bond donors (Lipinski definition) is 0. The van der Waals surface area contributed by atoms with Crippen molar-refractivity contribution in [3.63, 3.8) is 0 Å². The second-order valence-corrected chi connectivity index (χ2v) is 8.03. The average Bonchev–Trinajstić information content (AvgIpc) is 3.08. The normalized spacial score (nSPS) is 11.6. The van der Waals surface area contributed by atoms with Gasteiger partial charge in [-0.3, -0.25) is 4.79 Å². The fourth-order valence-electron chi connectivity index (χ4n) is 2.33. The Morgan fingerprint density at radius 3 is 2.61 bits per heavy atom. The molecule has 0 radical (unpaired) electrons. The third-order valence-electron chi connectivity index (χ3n) is 3.70. The maximum absolute atomic E-state index is 13.7. The molecule has 2 aromatic heterocycles. The Bertz CT molecular complexity index is 1220. The highest BCUT2D eigenvalue weighted by Crippen LogP contribution is 2.21. The molecule has 0 fully saturated rings. The van der Waals surface area contributed by atoms with Gasteiger partial charge in [-0.05, 0) is 19.1 Å². The predicted molar refractivity (Wildman–Crippen MR) is 96.3 cm³/mol. The smallest absolute Gasteiger partial charge is 0.282 e. The third kappa shape index (κ3) is 3.90. The maximum Gasteiger partial charge on any atom is 0.282 e. The van der Waals surface area contributed by atoms with Crippen LogP contribution in [-0.2, 0) is 16.6 Å². The SMILES string of the molecule is Cc1nc(OCc2ccc(F)cc2F)c(Cl)c(=O)n1-c1cn(S(C)(=O)=O)cn1. The first-order chi connectivity index (χ1) is 13.1. The van der Waals surface area contributed by atoms with Crippen molar-refractivity contribution in [2.24, 2.45) is 0 Å². The molecule has 0 spiro atoms. The van der Waals surface area contributed by atoms with E-state index in [-0.39, 0.29) is 29.7 Å². The average molecular weight is 431 g/mol. The lowest BCUT2D eigenvalue weighted by molar-refractivity contribution is 0.285. The largest absolute Gasteiger partial charge is 0.471 e. The topological polar surface area (TPSA) is 96.1 Å². The van der Waals surface area contributed by atoms with Gasteiger partial charge in [0.05, 0.1) is 12.5 Å². The molecule has 12 heteroatoms. The number of nitrogens with zero attached hydrogens (tertiary/aromatic N) is 4. The van der Waals surface area contributed by atoms with E-state index in [1.807, 2.05) is 0 Å². The zero-order valence-corrected chi connectivity index (χ0v) is 16.1. The van der Waals surface area contributed by atoms with Crippen LogP contribution in [0.4, 0.5) is 8.78 Å². The summed E-state index contributed by atoms with van der Waals surface area (Å²) < 4.78 is 56.9. The van der Waals surface area contributed by atoms with Crippen LogP contribution in [0.1, 0.15) is 11.4 Å². The minimum Gasteiger partial charge on any atom is -0.471 e. The summed E-state index contributed by atoms with van der Waals surface area (Å²) in [4.78, 5) is 20.5. The molecule has 0 bridgehead atoms. The number of imidazole rings is 1. The van der Waals surface area contributed by atoms with E-state index in [1.54, 1.807) is 0 Å². The molecule has 0 atom stereocenters. The maximum atomic E-state index is 13.7. The van der Waals surface area contributed by atoms with Crippen LogP contribution in [0.15, 0.2) is 35.5 Å². The van der Waals surface area contributed by atoms with E-state index in [1.165, 1.54) is 13.0 Å². The van der Waals surface area contributed by atoms with E-state index in [2.05, 4.69) is 9.97 Å². The predicted octanol–water partition coefficient (Wildman–Crippen LogP) is 2.06. The first-order valence-electron chi connectivity index (χ1n) is 7.68. The fraction of sp³-hybridized carbons (Fsp3) is 0.188. The van der Waals surface area contributed by atoms with E-state index in [4.69, 9.17) is 16.3 Å². The van der Waals surface area contributed by atoms with Crippen molar-refractivity contribution in [3.05, 3.63) is 69.1 Å². The number of ether oxygens (including phenoxy) is 1. The Labute approximate surface area is 163 Å². The van der Waals surface area contributed by atoms with Crippen molar-refractivity contribution in [2.75, 3.05) is 6.26 Å². The number of rotatable bonds is 5. The molecule has 148 valence electrons. The van der Waals surface area contributed by atoms with Crippen LogP contribution in [0.2, 0.25) is 5.02 Å². The van der Waals surface area contributed by atoms with Crippen LogP contribution in [0.3, 0.4) is 0 Å². The van der Waals surface area contributed by atoms with Gasteiger partial charge in [0.1, 0.15) is 30.4 Å². The molecule has 0 amide bonds. The zero-order valence-electron chi connectivity index (χ0n) is 14.6. The van der Waals surface area contributed by atoms with Crippen LogP contribution < -0.4 is 10.3 Å². The van der Waals surface area contributed by atoms with Crippen LogP contribution in [-0.4, -0.2) is 33.2 Å². The first-order valence-corrected chi connectivity index (χ1v) is 9.91. The number of benzene rings is 1. The summed E-state index contributed by atoms with van der Waals surface area (Å²) in [7, 11) is -3.58. The highest BCUT2D eigenvalue weighted by atomic mass is 35.5. The first kappa shape index (κ1) is 20.0. The summed E-state index contributed by atoms with van der Waals surface area (Å²) in [6.45, 7) is 1.13. The van der Waals surface area contributed by atoms with Crippen LogP contribution in [0, 0.1) is 18.6 Å². The van der Waals surface area contributed by atoms with E-state index in [9.17, 15) is 22.0 Å². The molecule has 0 saturated heterocycles. The van der Waals surface area contributed by atoms with Gasteiger partial charge in [-0.25, -0.2) is 30.7 Å². The van der Waals surface area contributed by atoms with Gasteiger partial charge in [0, 0.05) is 11.6 Å². The van der Waals surface area contributed by atoms with Crippen molar-refractivity contribution in [2.45, 2.75) is 13.5 Å². The molecule has 8 nitrogen and oxygen atoms in total. The van der Waals surface area contributed by atoms with Gasteiger partial charge >= 0.3 is 0 Å². The van der Waals surface area contributed by atoms with Gasteiger partial charge in [0.2, 0.25) is 15.9 Å². The molecule has 0 N–H and O–H groups in total. The summed E-state index contributed by atoms with van der Waals surface area (Å²) in [6, 6.07) is 2.97. The Kier molecular flexibility index (Phi) is 5.22. The molecule has 0 unspecified atom stereocenters. The Hall–Kier alpha value is -2.79. The Morgan fingerprint density at radius 2 is 2.00 bits per heavy atom. The molecule has 0 aliphatic rings. The molecule has 3 aromatic rings. The number of aryl methyl sites for hydroxylation is 1. The fourth-order valence-corrected chi connectivity index (χ4v) is 3.01. The molecule has 0 aliphatic carbocycles. The Balaban J connectivity index is 1.94. The summed E-state index contributed by atoms with van der Waals surface area (Å²) in [6.07, 6.45) is 3.15. The zero-order chi connectivity index (χ0) is 20.6. The molecular weight excluding hydrogens is 418 g/mol. The van der Waals surface area contributed by atoms with Crippen LogP contribution in [0.25, 0.3) is 5.82 Å². The summed E-state index contributed by atoms with van der Waals surface area (Å²) in [5, 5.41) is -0.401. The monoisotopic (exact) mass is 430 g/mol. The van der Waals surface area contributed by atoms with Crippen molar-refractivity contribution in [1.29, 1.82) is 0 Å². The lowest BCUT2D eigenvalue weighted by Gasteiger charge is -2.12. The van der Waals surface area contributed by atoms with E-state index >= 15 is 0 Å². The molecule has 1 aromatic carbocycles. The lowest BCUT2D eigenvalue weighted by Crippen LogP contribution is -2.24.